The lowest BCUT2D eigenvalue weighted by Gasteiger charge is -2.15. The van der Waals surface area contributed by atoms with Crippen LogP contribution in [0, 0.1) is 16.7 Å². The van der Waals surface area contributed by atoms with Crippen LogP contribution < -0.4 is 10.1 Å². The predicted octanol–water partition coefficient (Wildman–Crippen LogP) is 4.29. The highest BCUT2D eigenvalue weighted by Gasteiger charge is 2.15. The molecule has 1 rings (SSSR count). The van der Waals surface area contributed by atoms with Gasteiger partial charge in [-0.25, -0.2) is 0 Å². The van der Waals surface area contributed by atoms with Crippen molar-refractivity contribution in [3.8, 4) is 11.8 Å². The Balaban J connectivity index is 2.33. The van der Waals surface area contributed by atoms with Crippen molar-refractivity contribution < 1.29 is 4.74 Å². The lowest BCUT2D eigenvalue weighted by molar-refractivity contribution is 0.292. The first kappa shape index (κ1) is 17.5. The van der Waals surface area contributed by atoms with Gasteiger partial charge >= 0.3 is 0 Å². The van der Waals surface area contributed by atoms with Crippen molar-refractivity contribution in [1.29, 1.82) is 5.26 Å². The number of ether oxygens (including phenoxy) is 1. The summed E-state index contributed by atoms with van der Waals surface area (Å²) in [6.45, 7) is 8.73. The van der Waals surface area contributed by atoms with Crippen molar-refractivity contribution in [2.45, 2.75) is 53.0 Å². The molecule has 0 aliphatic rings. The maximum absolute atomic E-state index is 8.98. The van der Waals surface area contributed by atoms with E-state index >= 15 is 0 Å². The second-order valence-electron chi connectivity index (χ2n) is 6.09. The van der Waals surface area contributed by atoms with Crippen molar-refractivity contribution in [2.75, 3.05) is 13.2 Å². The maximum atomic E-state index is 8.98. The summed E-state index contributed by atoms with van der Waals surface area (Å²) in [5.41, 5.74) is 0.991. The Kier molecular flexibility index (Phi) is 7.85. The van der Waals surface area contributed by atoms with Crippen molar-refractivity contribution in [1.82, 2.24) is 5.32 Å². The van der Waals surface area contributed by atoms with Gasteiger partial charge in [0.2, 0.25) is 0 Å². The fourth-order valence-corrected chi connectivity index (χ4v) is 2.10. The fraction of sp³-hybridized carbons (Fsp3) is 0.611. The number of nitrogens with one attached hydrogen (secondary N) is 1. The SMILES string of the molecule is CCCNCc1ccccc1OCCCCC(C)(C)C#N. The van der Waals surface area contributed by atoms with E-state index in [2.05, 4.69) is 24.4 Å². The molecule has 0 fully saturated rings. The summed E-state index contributed by atoms with van der Waals surface area (Å²) in [5, 5.41) is 12.4. The molecule has 21 heavy (non-hydrogen) atoms. The van der Waals surface area contributed by atoms with Gasteiger partial charge in [-0.15, -0.1) is 0 Å². The zero-order valence-electron chi connectivity index (χ0n) is 13.6. The van der Waals surface area contributed by atoms with Gasteiger partial charge in [0.25, 0.3) is 0 Å². The molecule has 116 valence electrons. The first-order valence-corrected chi connectivity index (χ1v) is 7.92. The molecule has 1 N–H and O–H groups in total. The van der Waals surface area contributed by atoms with Crippen LogP contribution in [0.2, 0.25) is 0 Å². The smallest absolute Gasteiger partial charge is 0.123 e. The Hall–Kier alpha value is -1.53. The second kappa shape index (κ2) is 9.41. The number of rotatable bonds is 10. The lowest BCUT2D eigenvalue weighted by atomic mass is 9.89. The van der Waals surface area contributed by atoms with Gasteiger partial charge in [0, 0.05) is 12.1 Å². The molecule has 0 aliphatic heterocycles. The number of para-hydroxylation sites is 1. The molecule has 1 aromatic carbocycles. The monoisotopic (exact) mass is 288 g/mol. The molecule has 0 saturated heterocycles. The van der Waals surface area contributed by atoms with Gasteiger partial charge in [0.05, 0.1) is 18.1 Å². The van der Waals surface area contributed by atoms with Crippen LogP contribution in [-0.2, 0) is 6.54 Å². The standard InChI is InChI=1S/C18H28N2O/c1-4-12-20-14-16-9-5-6-10-17(16)21-13-8-7-11-18(2,3)15-19/h5-6,9-10,20H,4,7-8,11-14H2,1-3H3. The molecule has 0 atom stereocenters. The molecule has 0 aromatic heterocycles. The second-order valence-corrected chi connectivity index (χ2v) is 6.09. The van der Waals surface area contributed by atoms with Crippen molar-refractivity contribution in [3.63, 3.8) is 0 Å². The molecule has 0 heterocycles. The van der Waals surface area contributed by atoms with Crippen molar-refractivity contribution >= 4 is 0 Å². The third-order valence-corrected chi connectivity index (χ3v) is 3.47. The van der Waals surface area contributed by atoms with Crippen LogP contribution >= 0.6 is 0 Å². The van der Waals surface area contributed by atoms with Crippen LogP contribution in [0.3, 0.4) is 0 Å². The Morgan fingerprint density at radius 3 is 2.71 bits per heavy atom. The van der Waals surface area contributed by atoms with Crippen molar-refractivity contribution in [2.24, 2.45) is 5.41 Å². The fourth-order valence-electron chi connectivity index (χ4n) is 2.10. The van der Waals surface area contributed by atoms with Crippen LogP contribution in [0.4, 0.5) is 0 Å². The minimum Gasteiger partial charge on any atom is -0.493 e. The molecular weight excluding hydrogens is 260 g/mol. The minimum absolute atomic E-state index is 0.220. The summed E-state index contributed by atoms with van der Waals surface area (Å²) in [4.78, 5) is 0. The highest BCUT2D eigenvalue weighted by molar-refractivity contribution is 5.33. The first-order valence-electron chi connectivity index (χ1n) is 7.92. The molecule has 1 aromatic rings. The summed E-state index contributed by atoms with van der Waals surface area (Å²) in [6.07, 6.45) is 4.07. The zero-order chi connectivity index (χ0) is 15.6. The van der Waals surface area contributed by atoms with Crippen molar-refractivity contribution in [3.05, 3.63) is 29.8 Å². The van der Waals surface area contributed by atoms with E-state index in [4.69, 9.17) is 10.00 Å². The number of nitriles is 1. The van der Waals surface area contributed by atoms with E-state index < -0.39 is 0 Å². The van der Waals surface area contributed by atoms with Gasteiger partial charge in [-0.2, -0.15) is 5.26 Å². The number of benzene rings is 1. The van der Waals surface area contributed by atoms with Crippen LogP contribution in [0.15, 0.2) is 24.3 Å². The summed E-state index contributed by atoms with van der Waals surface area (Å²) in [5.74, 6) is 0.973. The first-order chi connectivity index (χ1) is 10.1. The molecule has 3 nitrogen and oxygen atoms in total. The number of hydrogen-bond donors (Lipinski definition) is 1. The molecule has 0 radical (unpaired) electrons. The zero-order valence-corrected chi connectivity index (χ0v) is 13.6. The predicted molar refractivity (Wildman–Crippen MR) is 87.2 cm³/mol. The van der Waals surface area contributed by atoms with E-state index in [9.17, 15) is 0 Å². The van der Waals surface area contributed by atoms with Crippen LogP contribution in [0.5, 0.6) is 5.75 Å². The summed E-state index contributed by atoms with van der Waals surface area (Å²) in [7, 11) is 0. The molecule has 0 spiro atoms. The molecule has 0 aliphatic carbocycles. The van der Waals surface area contributed by atoms with Gasteiger partial charge < -0.3 is 10.1 Å². The van der Waals surface area contributed by atoms with E-state index in [0.717, 1.165) is 44.5 Å². The Bertz CT molecular complexity index is 449. The topological polar surface area (TPSA) is 45.0 Å². The van der Waals surface area contributed by atoms with Gasteiger partial charge in [-0.1, -0.05) is 25.1 Å². The van der Waals surface area contributed by atoms with E-state index in [1.165, 1.54) is 5.56 Å². The molecular formula is C18H28N2O. The van der Waals surface area contributed by atoms with E-state index in [-0.39, 0.29) is 5.41 Å². The Labute approximate surface area is 129 Å². The van der Waals surface area contributed by atoms with Gasteiger partial charge in [-0.3, -0.25) is 0 Å². The third kappa shape index (κ3) is 7.15. The normalized spacial score (nSPS) is 11.1. The summed E-state index contributed by atoms with van der Waals surface area (Å²) in [6, 6.07) is 10.5. The highest BCUT2D eigenvalue weighted by Crippen LogP contribution is 2.22. The summed E-state index contributed by atoms with van der Waals surface area (Å²) >= 11 is 0. The third-order valence-electron chi connectivity index (χ3n) is 3.47. The maximum Gasteiger partial charge on any atom is 0.123 e. The Morgan fingerprint density at radius 1 is 1.24 bits per heavy atom. The highest BCUT2D eigenvalue weighted by atomic mass is 16.5. The minimum atomic E-state index is -0.220. The van der Waals surface area contributed by atoms with E-state index in [1.54, 1.807) is 0 Å². The molecule has 0 unspecified atom stereocenters. The molecule has 3 heteroatoms. The van der Waals surface area contributed by atoms with Crippen LogP contribution in [0.1, 0.15) is 52.0 Å². The molecule has 0 saturated carbocycles. The van der Waals surface area contributed by atoms with Crippen LogP contribution in [0.25, 0.3) is 0 Å². The van der Waals surface area contributed by atoms with E-state index in [0.29, 0.717) is 6.61 Å². The van der Waals surface area contributed by atoms with E-state index in [1.807, 2.05) is 32.0 Å². The average Bonchev–Trinajstić information content (AvgIpc) is 2.48. The summed E-state index contributed by atoms with van der Waals surface area (Å²) < 4.78 is 5.89. The quantitative estimate of drug-likeness (QED) is 0.653. The average molecular weight is 288 g/mol. The van der Waals surface area contributed by atoms with Crippen LogP contribution in [-0.4, -0.2) is 13.2 Å². The number of nitrogens with zero attached hydrogens (tertiary/aromatic N) is 1. The van der Waals surface area contributed by atoms with Gasteiger partial charge in [0.1, 0.15) is 5.75 Å². The molecule has 0 amide bonds. The van der Waals surface area contributed by atoms with Gasteiger partial charge in [-0.05, 0) is 52.1 Å². The Morgan fingerprint density at radius 2 is 2.00 bits per heavy atom. The lowest BCUT2D eigenvalue weighted by Crippen LogP contribution is -2.15. The number of hydrogen-bond acceptors (Lipinski definition) is 3. The van der Waals surface area contributed by atoms with Gasteiger partial charge in [0.15, 0.2) is 0 Å². The number of unbranched alkanes of at least 4 members (excludes halogenated alkanes) is 1. The largest absolute Gasteiger partial charge is 0.493 e. The molecule has 0 bridgehead atoms.